The number of anilines is 2. The number of ether oxygens (including phenoxy) is 1. The first-order valence-electron chi connectivity index (χ1n) is 8.91. The van der Waals surface area contributed by atoms with Gasteiger partial charge in [0.1, 0.15) is 5.75 Å². The lowest BCUT2D eigenvalue weighted by atomic mass is 10.3. The molecular weight excluding hydrogens is 479 g/mol. The summed E-state index contributed by atoms with van der Waals surface area (Å²) in [5, 5.41) is 3.37. The lowest BCUT2D eigenvalue weighted by Gasteiger charge is -2.10. The maximum absolute atomic E-state index is 12.6. The Morgan fingerprint density at radius 3 is 2.13 bits per heavy atom. The third kappa shape index (κ3) is 6.80. The molecule has 3 aromatic carbocycles. The molecule has 0 aliphatic rings. The molecule has 31 heavy (non-hydrogen) atoms. The predicted octanol–water partition coefficient (Wildman–Crippen LogP) is 5.53. The molecule has 0 unspecified atom stereocenters. The van der Waals surface area contributed by atoms with Gasteiger partial charge in [-0.3, -0.25) is 9.52 Å². The van der Waals surface area contributed by atoms with Crippen LogP contribution in [-0.2, 0) is 14.8 Å². The average Bonchev–Trinajstić information content (AvgIpc) is 2.72. The summed E-state index contributed by atoms with van der Waals surface area (Å²) in [6.45, 7) is 0. The van der Waals surface area contributed by atoms with E-state index < -0.39 is 10.0 Å². The lowest BCUT2D eigenvalue weighted by Crippen LogP contribution is -2.15. The van der Waals surface area contributed by atoms with Crippen molar-refractivity contribution in [3.05, 3.63) is 76.8 Å². The third-order valence-corrected chi connectivity index (χ3v) is 6.84. The van der Waals surface area contributed by atoms with Crippen LogP contribution in [0.2, 0.25) is 10.0 Å². The van der Waals surface area contributed by atoms with Crippen molar-refractivity contribution in [3.8, 4) is 5.75 Å². The number of hydrogen-bond acceptors (Lipinski definition) is 5. The van der Waals surface area contributed by atoms with Crippen LogP contribution in [0.15, 0.2) is 76.5 Å². The van der Waals surface area contributed by atoms with Crippen molar-refractivity contribution in [1.82, 2.24) is 0 Å². The monoisotopic (exact) mass is 496 g/mol. The van der Waals surface area contributed by atoms with E-state index in [1.54, 1.807) is 7.11 Å². The predicted molar refractivity (Wildman–Crippen MR) is 126 cm³/mol. The SMILES string of the molecule is COc1ccc(SCC(=O)Nc2ccc(S(=O)(=O)Nc3cc(Cl)cc(Cl)c3)cc2)cc1. The summed E-state index contributed by atoms with van der Waals surface area (Å²) in [6.07, 6.45) is 0. The van der Waals surface area contributed by atoms with Gasteiger partial charge in [-0.2, -0.15) is 0 Å². The number of benzene rings is 3. The molecule has 0 aromatic heterocycles. The fourth-order valence-corrected chi connectivity index (χ4v) is 4.83. The molecule has 3 aromatic rings. The van der Waals surface area contributed by atoms with E-state index in [1.807, 2.05) is 24.3 Å². The van der Waals surface area contributed by atoms with Gasteiger partial charge in [0.15, 0.2) is 0 Å². The van der Waals surface area contributed by atoms with Crippen LogP contribution in [0.25, 0.3) is 0 Å². The maximum atomic E-state index is 12.6. The number of sulfonamides is 1. The van der Waals surface area contributed by atoms with Gasteiger partial charge in [0.25, 0.3) is 10.0 Å². The second kappa shape index (κ2) is 10.3. The highest BCUT2D eigenvalue weighted by Gasteiger charge is 2.15. The van der Waals surface area contributed by atoms with Crippen LogP contribution in [0.3, 0.4) is 0 Å². The van der Waals surface area contributed by atoms with Crippen molar-refractivity contribution in [2.75, 3.05) is 22.9 Å². The van der Waals surface area contributed by atoms with Gasteiger partial charge in [0.05, 0.1) is 23.4 Å². The van der Waals surface area contributed by atoms with Crippen LogP contribution in [0.1, 0.15) is 0 Å². The minimum atomic E-state index is -3.84. The van der Waals surface area contributed by atoms with Crippen LogP contribution in [-0.4, -0.2) is 27.2 Å². The van der Waals surface area contributed by atoms with E-state index in [2.05, 4.69) is 10.0 Å². The van der Waals surface area contributed by atoms with Crippen molar-refractivity contribution >= 4 is 62.3 Å². The largest absolute Gasteiger partial charge is 0.497 e. The molecule has 0 aliphatic carbocycles. The van der Waals surface area contributed by atoms with E-state index in [0.29, 0.717) is 15.7 Å². The molecule has 0 aliphatic heterocycles. The van der Waals surface area contributed by atoms with Gasteiger partial charge in [-0.15, -0.1) is 11.8 Å². The van der Waals surface area contributed by atoms with Gasteiger partial charge in [0.2, 0.25) is 5.91 Å². The van der Waals surface area contributed by atoms with Crippen LogP contribution < -0.4 is 14.8 Å². The molecular formula is C21H18Cl2N2O4S2. The van der Waals surface area contributed by atoms with Gasteiger partial charge in [-0.05, 0) is 66.7 Å². The highest BCUT2D eigenvalue weighted by Crippen LogP contribution is 2.25. The second-order valence-electron chi connectivity index (χ2n) is 6.30. The number of carbonyl (C=O) groups excluding carboxylic acids is 1. The van der Waals surface area contributed by atoms with E-state index in [1.165, 1.54) is 54.2 Å². The smallest absolute Gasteiger partial charge is 0.261 e. The number of thioether (sulfide) groups is 1. The molecule has 0 saturated carbocycles. The minimum absolute atomic E-state index is 0.0363. The number of hydrogen-bond donors (Lipinski definition) is 2. The van der Waals surface area contributed by atoms with E-state index in [4.69, 9.17) is 27.9 Å². The Balaban J connectivity index is 1.58. The maximum Gasteiger partial charge on any atom is 0.261 e. The Hall–Kier alpha value is -2.39. The number of nitrogens with one attached hydrogen (secondary N) is 2. The normalized spacial score (nSPS) is 11.1. The zero-order chi connectivity index (χ0) is 22.4. The number of amides is 1. The van der Waals surface area contributed by atoms with Crippen molar-refractivity contribution in [1.29, 1.82) is 0 Å². The lowest BCUT2D eigenvalue weighted by molar-refractivity contribution is -0.113. The summed E-state index contributed by atoms with van der Waals surface area (Å²) in [4.78, 5) is 13.2. The molecule has 1 amide bonds. The quantitative estimate of drug-likeness (QED) is 0.400. The molecule has 0 fully saturated rings. The zero-order valence-corrected chi connectivity index (χ0v) is 19.4. The highest BCUT2D eigenvalue weighted by molar-refractivity contribution is 8.00. The first kappa shape index (κ1) is 23.3. The van der Waals surface area contributed by atoms with Gasteiger partial charge >= 0.3 is 0 Å². The van der Waals surface area contributed by atoms with Crippen molar-refractivity contribution in [3.63, 3.8) is 0 Å². The summed E-state index contributed by atoms with van der Waals surface area (Å²) >= 11 is 13.2. The van der Waals surface area contributed by atoms with Gasteiger partial charge in [-0.1, -0.05) is 23.2 Å². The number of methoxy groups -OCH3 is 1. The Bertz CT molecular complexity index is 1150. The first-order chi connectivity index (χ1) is 14.7. The van der Waals surface area contributed by atoms with Crippen molar-refractivity contribution < 1.29 is 17.9 Å². The summed E-state index contributed by atoms with van der Waals surface area (Å²) < 4.78 is 32.7. The molecule has 0 bridgehead atoms. The molecule has 0 spiro atoms. The van der Waals surface area contributed by atoms with E-state index in [9.17, 15) is 13.2 Å². The molecule has 0 radical (unpaired) electrons. The molecule has 2 N–H and O–H groups in total. The average molecular weight is 497 g/mol. The fourth-order valence-electron chi connectivity index (χ4n) is 2.56. The van der Waals surface area contributed by atoms with Gasteiger partial charge in [-0.25, -0.2) is 8.42 Å². The Kier molecular flexibility index (Phi) is 7.72. The third-order valence-electron chi connectivity index (χ3n) is 3.99. The molecule has 3 rings (SSSR count). The van der Waals surface area contributed by atoms with Gasteiger partial charge in [0, 0.05) is 20.6 Å². The molecule has 6 nitrogen and oxygen atoms in total. The van der Waals surface area contributed by atoms with Crippen LogP contribution in [0.5, 0.6) is 5.75 Å². The van der Waals surface area contributed by atoms with E-state index >= 15 is 0 Å². The number of rotatable bonds is 8. The molecule has 0 heterocycles. The summed E-state index contributed by atoms with van der Waals surface area (Å²) in [5.41, 5.74) is 0.746. The van der Waals surface area contributed by atoms with Crippen LogP contribution in [0.4, 0.5) is 11.4 Å². The second-order valence-corrected chi connectivity index (χ2v) is 9.90. The van der Waals surface area contributed by atoms with E-state index in [-0.39, 0.29) is 22.2 Å². The molecule has 0 atom stereocenters. The topological polar surface area (TPSA) is 84.5 Å². The Morgan fingerprint density at radius 2 is 1.55 bits per heavy atom. The standard InChI is InChI=1S/C21H18Cl2N2O4S2/c1-29-18-4-6-19(7-5-18)30-13-21(26)24-16-2-8-20(9-3-16)31(27,28)25-17-11-14(22)10-15(23)12-17/h2-12,25H,13H2,1H3,(H,24,26). The summed E-state index contributed by atoms with van der Waals surface area (Å²) in [6, 6.07) is 17.7. The zero-order valence-electron chi connectivity index (χ0n) is 16.3. The Labute approximate surface area is 195 Å². The fraction of sp³-hybridized carbons (Fsp3) is 0.0952. The summed E-state index contributed by atoms with van der Waals surface area (Å²) in [5.74, 6) is 0.753. The first-order valence-corrected chi connectivity index (χ1v) is 12.1. The van der Waals surface area contributed by atoms with E-state index in [0.717, 1.165) is 10.6 Å². The molecule has 162 valence electrons. The van der Waals surface area contributed by atoms with Crippen LogP contribution in [0, 0.1) is 0 Å². The van der Waals surface area contributed by atoms with Crippen LogP contribution >= 0.6 is 35.0 Å². The Morgan fingerprint density at radius 1 is 0.935 bits per heavy atom. The minimum Gasteiger partial charge on any atom is -0.497 e. The van der Waals surface area contributed by atoms with Crippen molar-refractivity contribution in [2.24, 2.45) is 0 Å². The molecule has 0 saturated heterocycles. The van der Waals surface area contributed by atoms with Crippen molar-refractivity contribution in [2.45, 2.75) is 9.79 Å². The summed E-state index contributed by atoms with van der Waals surface area (Å²) in [7, 11) is -2.25. The molecule has 10 heteroatoms. The van der Waals surface area contributed by atoms with Gasteiger partial charge < -0.3 is 10.1 Å². The highest BCUT2D eigenvalue weighted by atomic mass is 35.5. The number of carbonyl (C=O) groups is 1. The number of halogens is 2.